The molecule has 0 fully saturated rings. The summed E-state index contributed by atoms with van der Waals surface area (Å²) in [5.41, 5.74) is 1.43. The maximum atomic E-state index is 13.4. The molecule has 1 nitrogen and oxygen atoms in total. The van der Waals surface area contributed by atoms with Gasteiger partial charge in [0.2, 0.25) is 0 Å². The molecule has 76 valence electrons. The van der Waals surface area contributed by atoms with Crippen LogP contribution >= 0.6 is 0 Å². The highest BCUT2D eigenvalue weighted by molar-refractivity contribution is 5.66. The standard InChI is InChI=1S/C12H15FO/c1-3-10(8-9(2)14)11-6-4-5-7-12(11)13/h4-9,14H,3H2,1-2H3/b10-8-. The predicted molar refractivity (Wildman–Crippen MR) is 56.3 cm³/mol. The highest BCUT2D eigenvalue weighted by Crippen LogP contribution is 2.21. The molecule has 1 atom stereocenters. The zero-order chi connectivity index (χ0) is 10.6. The first kappa shape index (κ1) is 10.9. The zero-order valence-electron chi connectivity index (χ0n) is 8.50. The minimum Gasteiger partial charge on any atom is -0.389 e. The molecular weight excluding hydrogens is 179 g/mol. The molecule has 0 aliphatic heterocycles. The minimum absolute atomic E-state index is 0.235. The molecule has 0 aliphatic rings. The lowest BCUT2D eigenvalue weighted by Crippen LogP contribution is -1.97. The predicted octanol–water partition coefficient (Wildman–Crippen LogP) is 3.00. The summed E-state index contributed by atoms with van der Waals surface area (Å²) in [4.78, 5) is 0. The summed E-state index contributed by atoms with van der Waals surface area (Å²) in [6.07, 6.45) is 1.86. The van der Waals surface area contributed by atoms with Gasteiger partial charge in [0.1, 0.15) is 5.82 Å². The van der Waals surface area contributed by atoms with Crippen LogP contribution in [0.4, 0.5) is 4.39 Å². The smallest absolute Gasteiger partial charge is 0.130 e. The van der Waals surface area contributed by atoms with Crippen LogP contribution in [0.5, 0.6) is 0 Å². The van der Waals surface area contributed by atoms with Crippen molar-refractivity contribution in [1.29, 1.82) is 0 Å². The fraction of sp³-hybridized carbons (Fsp3) is 0.333. The Morgan fingerprint density at radius 3 is 2.64 bits per heavy atom. The average molecular weight is 194 g/mol. The summed E-state index contributed by atoms with van der Waals surface area (Å²) >= 11 is 0. The Hall–Kier alpha value is -1.15. The number of benzene rings is 1. The number of rotatable bonds is 3. The molecule has 0 aromatic heterocycles. The van der Waals surface area contributed by atoms with Gasteiger partial charge in [0.25, 0.3) is 0 Å². The average Bonchev–Trinajstić information content (AvgIpc) is 2.15. The van der Waals surface area contributed by atoms with Crippen LogP contribution in [0.25, 0.3) is 5.57 Å². The van der Waals surface area contributed by atoms with Crippen molar-refractivity contribution in [2.24, 2.45) is 0 Å². The summed E-state index contributed by atoms with van der Waals surface area (Å²) in [5.74, 6) is -0.235. The van der Waals surface area contributed by atoms with E-state index >= 15 is 0 Å². The molecule has 0 heterocycles. The molecule has 0 spiro atoms. The molecule has 1 aromatic rings. The summed E-state index contributed by atoms with van der Waals surface area (Å²) in [5, 5.41) is 9.21. The Balaban J connectivity index is 3.07. The molecule has 1 N–H and O–H groups in total. The van der Waals surface area contributed by atoms with Crippen LogP contribution in [0.15, 0.2) is 30.3 Å². The third kappa shape index (κ3) is 2.67. The third-order valence-electron chi connectivity index (χ3n) is 2.04. The lowest BCUT2D eigenvalue weighted by molar-refractivity contribution is 0.244. The van der Waals surface area contributed by atoms with Gasteiger partial charge in [-0.05, 0) is 25.0 Å². The van der Waals surface area contributed by atoms with Gasteiger partial charge in [-0.2, -0.15) is 0 Å². The van der Waals surface area contributed by atoms with E-state index in [9.17, 15) is 9.50 Å². The fourth-order valence-corrected chi connectivity index (χ4v) is 1.41. The maximum absolute atomic E-state index is 13.4. The van der Waals surface area contributed by atoms with Gasteiger partial charge >= 0.3 is 0 Å². The second-order valence-corrected chi connectivity index (χ2v) is 3.27. The monoisotopic (exact) mass is 194 g/mol. The van der Waals surface area contributed by atoms with Crippen LogP contribution in [0.3, 0.4) is 0 Å². The number of hydrogen-bond donors (Lipinski definition) is 1. The first-order chi connectivity index (χ1) is 6.65. The van der Waals surface area contributed by atoms with Gasteiger partial charge in [0.15, 0.2) is 0 Å². The first-order valence-electron chi connectivity index (χ1n) is 4.78. The zero-order valence-corrected chi connectivity index (χ0v) is 8.50. The van der Waals surface area contributed by atoms with E-state index < -0.39 is 6.10 Å². The van der Waals surface area contributed by atoms with Crippen LogP contribution in [0, 0.1) is 5.82 Å². The van der Waals surface area contributed by atoms with Crippen LogP contribution in [-0.2, 0) is 0 Å². The van der Waals surface area contributed by atoms with Crippen molar-refractivity contribution in [3.05, 3.63) is 41.7 Å². The fourth-order valence-electron chi connectivity index (χ4n) is 1.41. The molecule has 0 aliphatic carbocycles. The summed E-state index contributed by atoms with van der Waals surface area (Å²) in [6, 6.07) is 6.62. The number of hydrogen-bond acceptors (Lipinski definition) is 1. The molecule has 0 amide bonds. The molecule has 14 heavy (non-hydrogen) atoms. The molecular formula is C12H15FO. The van der Waals surface area contributed by atoms with E-state index in [0.29, 0.717) is 12.0 Å². The first-order valence-corrected chi connectivity index (χ1v) is 4.78. The van der Waals surface area contributed by atoms with Gasteiger partial charge in [-0.1, -0.05) is 31.2 Å². The molecule has 1 aromatic carbocycles. The van der Waals surface area contributed by atoms with Gasteiger partial charge in [0.05, 0.1) is 6.10 Å². The highest BCUT2D eigenvalue weighted by atomic mass is 19.1. The molecule has 1 rings (SSSR count). The Labute approximate surface area is 83.9 Å². The molecule has 0 radical (unpaired) electrons. The molecule has 0 saturated carbocycles. The molecule has 0 saturated heterocycles. The summed E-state index contributed by atoms with van der Waals surface area (Å²) in [6.45, 7) is 3.61. The summed E-state index contributed by atoms with van der Waals surface area (Å²) in [7, 11) is 0. The van der Waals surface area contributed by atoms with Gasteiger partial charge in [-0.3, -0.25) is 0 Å². The van der Waals surface area contributed by atoms with Gasteiger partial charge < -0.3 is 5.11 Å². The topological polar surface area (TPSA) is 20.2 Å². The van der Waals surface area contributed by atoms with Gasteiger partial charge in [0, 0.05) is 5.56 Å². The van der Waals surface area contributed by atoms with Crippen LogP contribution in [-0.4, -0.2) is 11.2 Å². The Kier molecular flexibility index (Phi) is 3.84. The Bertz CT molecular complexity index is 329. The third-order valence-corrected chi connectivity index (χ3v) is 2.04. The highest BCUT2D eigenvalue weighted by Gasteiger charge is 2.05. The molecule has 2 heteroatoms. The van der Waals surface area contributed by atoms with Crippen molar-refractivity contribution >= 4 is 5.57 Å². The SMILES string of the molecule is CC/C(=C/C(C)O)c1ccccc1F. The maximum Gasteiger partial charge on any atom is 0.130 e. The van der Waals surface area contributed by atoms with E-state index in [1.54, 1.807) is 31.2 Å². The van der Waals surface area contributed by atoms with Crippen molar-refractivity contribution in [3.8, 4) is 0 Å². The van der Waals surface area contributed by atoms with E-state index in [0.717, 1.165) is 5.57 Å². The van der Waals surface area contributed by atoms with E-state index in [1.807, 2.05) is 6.92 Å². The van der Waals surface area contributed by atoms with Gasteiger partial charge in [-0.25, -0.2) is 4.39 Å². The van der Waals surface area contributed by atoms with Gasteiger partial charge in [-0.15, -0.1) is 0 Å². The normalized spacial score (nSPS) is 14.1. The van der Waals surface area contributed by atoms with E-state index in [4.69, 9.17) is 0 Å². The number of aliphatic hydroxyl groups is 1. The van der Waals surface area contributed by atoms with Crippen LogP contribution < -0.4 is 0 Å². The second kappa shape index (κ2) is 4.91. The van der Waals surface area contributed by atoms with Crippen molar-refractivity contribution in [1.82, 2.24) is 0 Å². The van der Waals surface area contributed by atoms with Crippen molar-refractivity contribution < 1.29 is 9.50 Å². The van der Waals surface area contributed by atoms with Crippen molar-refractivity contribution in [2.45, 2.75) is 26.4 Å². The van der Waals surface area contributed by atoms with E-state index in [1.165, 1.54) is 6.07 Å². The van der Waals surface area contributed by atoms with Crippen LogP contribution in [0.2, 0.25) is 0 Å². The molecule has 1 unspecified atom stereocenters. The molecule has 0 bridgehead atoms. The van der Waals surface area contributed by atoms with Crippen molar-refractivity contribution in [2.75, 3.05) is 0 Å². The number of aliphatic hydroxyl groups excluding tert-OH is 1. The quantitative estimate of drug-likeness (QED) is 0.784. The number of halogens is 1. The largest absolute Gasteiger partial charge is 0.389 e. The minimum atomic E-state index is -0.537. The Morgan fingerprint density at radius 2 is 2.14 bits per heavy atom. The summed E-state index contributed by atoms with van der Waals surface area (Å²) < 4.78 is 13.4. The van der Waals surface area contributed by atoms with Crippen molar-refractivity contribution in [3.63, 3.8) is 0 Å². The second-order valence-electron chi connectivity index (χ2n) is 3.27. The Morgan fingerprint density at radius 1 is 1.50 bits per heavy atom. The van der Waals surface area contributed by atoms with E-state index in [2.05, 4.69) is 0 Å². The van der Waals surface area contributed by atoms with Crippen LogP contribution in [0.1, 0.15) is 25.8 Å². The van der Waals surface area contributed by atoms with E-state index in [-0.39, 0.29) is 5.82 Å². The lowest BCUT2D eigenvalue weighted by Gasteiger charge is -2.07. The lowest BCUT2D eigenvalue weighted by atomic mass is 10.0. The number of allylic oxidation sites excluding steroid dienone is 1.